The monoisotopic (exact) mass is 285 g/mol. The maximum Gasteiger partial charge on any atom is 0.269 e. The van der Waals surface area contributed by atoms with Gasteiger partial charge in [0.2, 0.25) is 6.79 Å². The van der Waals surface area contributed by atoms with Gasteiger partial charge in [-0.05, 0) is 36.8 Å². The van der Waals surface area contributed by atoms with E-state index in [9.17, 15) is 14.9 Å². The molecule has 6 heteroatoms. The van der Waals surface area contributed by atoms with E-state index in [4.69, 9.17) is 9.47 Å². The first-order valence-electron chi connectivity index (χ1n) is 6.25. The van der Waals surface area contributed by atoms with Crippen molar-refractivity contribution in [3.8, 4) is 11.5 Å². The average molecular weight is 285 g/mol. The van der Waals surface area contributed by atoms with E-state index in [1.54, 1.807) is 19.1 Å². The minimum absolute atomic E-state index is 0.0473. The van der Waals surface area contributed by atoms with E-state index in [0.717, 1.165) is 5.56 Å². The number of rotatable bonds is 3. The number of ether oxygens (including phenoxy) is 2. The minimum Gasteiger partial charge on any atom is -0.454 e. The van der Waals surface area contributed by atoms with Gasteiger partial charge in [-0.15, -0.1) is 0 Å². The van der Waals surface area contributed by atoms with Crippen LogP contribution in [0.25, 0.3) is 0 Å². The van der Waals surface area contributed by atoms with Crippen LogP contribution in [-0.2, 0) is 0 Å². The second kappa shape index (κ2) is 4.90. The molecule has 21 heavy (non-hydrogen) atoms. The summed E-state index contributed by atoms with van der Waals surface area (Å²) in [6.45, 7) is 1.95. The number of nitrogens with zero attached hydrogens (tertiary/aromatic N) is 1. The number of nitro benzene ring substituents is 1. The molecule has 0 fully saturated rings. The number of hydrogen-bond acceptors (Lipinski definition) is 5. The number of aryl methyl sites for hydroxylation is 1. The second-order valence-electron chi connectivity index (χ2n) is 4.65. The molecule has 0 N–H and O–H groups in total. The molecule has 0 radical (unpaired) electrons. The van der Waals surface area contributed by atoms with E-state index in [0.29, 0.717) is 22.6 Å². The molecule has 1 heterocycles. The number of carbonyl (C=O) groups is 1. The van der Waals surface area contributed by atoms with E-state index in [1.807, 2.05) is 0 Å². The highest BCUT2D eigenvalue weighted by Crippen LogP contribution is 2.35. The van der Waals surface area contributed by atoms with Crippen LogP contribution in [0.15, 0.2) is 36.4 Å². The molecule has 106 valence electrons. The van der Waals surface area contributed by atoms with Gasteiger partial charge in [0.1, 0.15) is 0 Å². The summed E-state index contributed by atoms with van der Waals surface area (Å²) in [6.07, 6.45) is 0. The van der Waals surface area contributed by atoms with Crippen molar-refractivity contribution < 1.29 is 19.2 Å². The topological polar surface area (TPSA) is 78.7 Å². The van der Waals surface area contributed by atoms with E-state index >= 15 is 0 Å². The summed E-state index contributed by atoms with van der Waals surface area (Å²) in [5.41, 5.74) is 1.60. The SMILES string of the molecule is Cc1cc2c(cc1C(=O)c1ccc([N+](=O)[O-])cc1)OCO2. The molecule has 6 nitrogen and oxygen atoms in total. The zero-order valence-corrected chi connectivity index (χ0v) is 11.2. The summed E-state index contributed by atoms with van der Waals surface area (Å²) in [4.78, 5) is 22.6. The van der Waals surface area contributed by atoms with Crippen LogP contribution in [0.1, 0.15) is 21.5 Å². The highest BCUT2D eigenvalue weighted by Gasteiger charge is 2.20. The number of nitro groups is 1. The number of fused-ring (bicyclic) bond motifs is 1. The van der Waals surface area contributed by atoms with Gasteiger partial charge in [0.15, 0.2) is 17.3 Å². The Bertz CT molecular complexity index is 736. The lowest BCUT2D eigenvalue weighted by Gasteiger charge is -2.07. The quantitative estimate of drug-likeness (QED) is 0.492. The Kier molecular flexibility index (Phi) is 3.06. The molecule has 0 atom stereocenters. The van der Waals surface area contributed by atoms with Crippen LogP contribution in [0.3, 0.4) is 0 Å². The molecule has 3 rings (SSSR count). The Morgan fingerprint density at radius 3 is 2.38 bits per heavy atom. The summed E-state index contributed by atoms with van der Waals surface area (Å²) in [5, 5.41) is 10.6. The molecule has 0 saturated carbocycles. The Hall–Kier alpha value is -2.89. The molecule has 0 saturated heterocycles. The van der Waals surface area contributed by atoms with Crippen LogP contribution in [0.4, 0.5) is 5.69 Å². The summed E-state index contributed by atoms with van der Waals surface area (Å²) >= 11 is 0. The number of carbonyl (C=O) groups excluding carboxylic acids is 1. The number of benzene rings is 2. The fourth-order valence-electron chi connectivity index (χ4n) is 2.18. The van der Waals surface area contributed by atoms with Crippen molar-refractivity contribution in [2.24, 2.45) is 0 Å². The van der Waals surface area contributed by atoms with Crippen molar-refractivity contribution in [3.05, 3.63) is 63.2 Å². The van der Waals surface area contributed by atoms with Crippen LogP contribution in [0.5, 0.6) is 11.5 Å². The van der Waals surface area contributed by atoms with Crippen molar-refractivity contribution in [2.75, 3.05) is 6.79 Å². The van der Waals surface area contributed by atoms with E-state index in [-0.39, 0.29) is 18.3 Å². The third-order valence-electron chi connectivity index (χ3n) is 3.30. The molecule has 1 aliphatic rings. The standard InChI is InChI=1S/C15H11NO5/c1-9-6-13-14(21-8-20-13)7-12(9)15(17)10-2-4-11(5-3-10)16(18)19/h2-7H,8H2,1H3. The molecule has 0 aromatic heterocycles. The molecule has 2 aromatic carbocycles. The van der Waals surface area contributed by atoms with E-state index in [2.05, 4.69) is 0 Å². The Balaban J connectivity index is 1.97. The molecule has 0 aliphatic carbocycles. The third kappa shape index (κ3) is 2.31. The minimum atomic E-state index is -0.500. The van der Waals surface area contributed by atoms with Gasteiger partial charge < -0.3 is 9.47 Å². The van der Waals surface area contributed by atoms with Gasteiger partial charge in [0, 0.05) is 23.3 Å². The lowest BCUT2D eigenvalue weighted by atomic mass is 9.98. The Morgan fingerprint density at radius 1 is 1.14 bits per heavy atom. The van der Waals surface area contributed by atoms with E-state index in [1.165, 1.54) is 24.3 Å². The van der Waals surface area contributed by atoms with Gasteiger partial charge in [-0.3, -0.25) is 14.9 Å². The highest BCUT2D eigenvalue weighted by atomic mass is 16.7. The van der Waals surface area contributed by atoms with Gasteiger partial charge in [0.05, 0.1) is 4.92 Å². The lowest BCUT2D eigenvalue weighted by Crippen LogP contribution is -2.04. The molecule has 0 unspecified atom stereocenters. The first kappa shape index (κ1) is 13.1. The van der Waals surface area contributed by atoms with Gasteiger partial charge >= 0.3 is 0 Å². The van der Waals surface area contributed by atoms with Crippen LogP contribution in [0, 0.1) is 17.0 Å². The van der Waals surface area contributed by atoms with Crippen LogP contribution >= 0.6 is 0 Å². The van der Waals surface area contributed by atoms with E-state index < -0.39 is 4.92 Å². The number of non-ortho nitro benzene ring substituents is 1. The molecule has 2 aromatic rings. The molecular formula is C15H11NO5. The molecule has 1 aliphatic heterocycles. The Morgan fingerprint density at radius 2 is 1.76 bits per heavy atom. The first-order chi connectivity index (χ1) is 10.1. The van der Waals surface area contributed by atoms with Gasteiger partial charge in [0.25, 0.3) is 5.69 Å². The second-order valence-corrected chi connectivity index (χ2v) is 4.65. The van der Waals surface area contributed by atoms with Crippen LogP contribution < -0.4 is 9.47 Å². The normalized spacial score (nSPS) is 12.2. The molecule has 0 spiro atoms. The maximum atomic E-state index is 12.5. The predicted molar refractivity (Wildman–Crippen MR) is 73.8 cm³/mol. The summed E-state index contributed by atoms with van der Waals surface area (Å²) in [5.74, 6) is 0.944. The fraction of sp³-hybridized carbons (Fsp3) is 0.133. The summed E-state index contributed by atoms with van der Waals surface area (Å²) in [7, 11) is 0. The lowest BCUT2D eigenvalue weighted by molar-refractivity contribution is -0.384. The third-order valence-corrected chi connectivity index (χ3v) is 3.30. The smallest absolute Gasteiger partial charge is 0.269 e. The molecule has 0 amide bonds. The van der Waals surface area contributed by atoms with Crippen LogP contribution in [0.2, 0.25) is 0 Å². The molecular weight excluding hydrogens is 274 g/mol. The Labute approximate surface area is 120 Å². The largest absolute Gasteiger partial charge is 0.454 e. The van der Waals surface area contributed by atoms with Crippen molar-refractivity contribution in [3.63, 3.8) is 0 Å². The highest BCUT2D eigenvalue weighted by molar-refractivity contribution is 6.10. The zero-order chi connectivity index (χ0) is 15.0. The van der Waals surface area contributed by atoms with Crippen molar-refractivity contribution >= 4 is 11.5 Å². The molecule has 0 bridgehead atoms. The van der Waals surface area contributed by atoms with Gasteiger partial charge in [-0.25, -0.2) is 0 Å². The maximum absolute atomic E-state index is 12.5. The summed E-state index contributed by atoms with van der Waals surface area (Å²) < 4.78 is 10.5. The van der Waals surface area contributed by atoms with Crippen LogP contribution in [-0.4, -0.2) is 17.5 Å². The zero-order valence-electron chi connectivity index (χ0n) is 11.2. The predicted octanol–water partition coefficient (Wildman–Crippen LogP) is 2.86. The number of ketones is 1. The van der Waals surface area contributed by atoms with Crippen molar-refractivity contribution in [1.82, 2.24) is 0 Å². The average Bonchev–Trinajstić information content (AvgIpc) is 2.93. The van der Waals surface area contributed by atoms with Crippen molar-refractivity contribution in [2.45, 2.75) is 6.92 Å². The van der Waals surface area contributed by atoms with Gasteiger partial charge in [-0.1, -0.05) is 0 Å². The number of hydrogen-bond donors (Lipinski definition) is 0. The summed E-state index contributed by atoms with van der Waals surface area (Å²) in [6, 6.07) is 8.92. The first-order valence-corrected chi connectivity index (χ1v) is 6.25. The fourth-order valence-corrected chi connectivity index (χ4v) is 2.18. The van der Waals surface area contributed by atoms with Gasteiger partial charge in [-0.2, -0.15) is 0 Å². The van der Waals surface area contributed by atoms with Crippen molar-refractivity contribution in [1.29, 1.82) is 0 Å².